The summed E-state index contributed by atoms with van der Waals surface area (Å²) in [6.45, 7) is 0. The van der Waals surface area contributed by atoms with Gasteiger partial charge in [0.05, 0.1) is 0 Å². The molecule has 0 amide bonds. The fraction of sp³-hybridized carbons (Fsp3) is 0.333. The van der Waals surface area contributed by atoms with Crippen LogP contribution in [0.15, 0.2) is 0 Å². The molecule has 0 atom stereocenters. The molecule has 1 heterocycles. The van der Waals surface area contributed by atoms with E-state index in [1.54, 1.807) is 5.01 Å². The fourth-order valence-electron chi connectivity index (χ4n) is 0.625. The molecule has 0 aromatic carbocycles. The maximum absolute atomic E-state index is 10.4. The normalized spacial score (nSPS) is 10.3. The number of hydrogen-bond acceptors (Lipinski definition) is 5. The minimum Gasteiger partial charge on any atom is -0.297 e. The van der Waals surface area contributed by atoms with Gasteiger partial charge in [-0.2, -0.15) is 0 Å². The molecule has 0 aliphatic heterocycles. The molecule has 0 aliphatic rings. The van der Waals surface area contributed by atoms with E-state index in [2.05, 4.69) is 10.4 Å². The molecule has 12 heavy (non-hydrogen) atoms. The van der Waals surface area contributed by atoms with Gasteiger partial charge in [0.25, 0.3) is 0 Å². The first kappa shape index (κ1) is 9.44. The summed E-state index contributed by atoms with van der Waals surface area (Å²) in [5, 5.41) is 2.59. The molecule has 1 aromatic heterocycles. The quantitative estimate of drug-likeness (QED) is 0.600. The number of halogens is 1. The molecule has 0 bridgehead atoms. The predicted octanol–water partition coefficient (Wildman–Crippen LogP) is 1.50. The number of carbonyl (C=O) groups excluding carboxylic acids is 1. The summed E-state index contributed by atoms with van der Waals surface area (Å²) < 4.78 is 0. The highest BCUT2D eigenvalue weighted by molar-refractivity contribution is 7.17. The van der Waals surface area contributed by atoms with Gasteiger partial charge in [-0.1, -0.05) is 22.9 Å². The Morgan fingerprint density at radius 1 is 1.67 bits per heavy atom. The van der Waals surface area contributed by atoms with Crippen molar-refractivity contribution in [1.82, 2.24) is 9.99 Å². The number of nitrogens with zero attached hydrogens (tertiary/aromatic N) is 2. The van der Waals surface area contributed by atoms with Crippen molar-refractivity contribution >= 4 is 34.4 Å². The molecule has 0 radical (unpaired) electrons. The second-order valence-corrected chi connectivity index (χ2v) is 3.69. The van der Waals surface area contributed by atoms with Crippen molar-refractivity contribution < 1.29 is 4.79 Å². The third-order valence-corrected chi connectivity index (χ3v) is 2.32. The number of hydrogen-bond donors (Lipinski definition) is 1. The smallest absolute Gasteiger partial charge is 0.199 e. The molecule has 6 heteroatoms. The molecule has 0 saturated carbocycles. The Kier molecular flexibility index (Phi) is 3.02. The Morgan fingerprint density at radius 2 is 2.33 bits per heavy atom. The SMILES string of the molecule is CN(C)Nc1nc(Cl)c(C=O)s1. The zero-order valence-electron chi connectivity index (χ0n) is 6.67. The standard InChI is InChI=1S/C6H8ClN3OS/c1-10(2)9-6-8-5(7)4(3-11)12-6/h3H,1-2H3,(H,8,9). The summed E-state index contributed by atoms with van der Waals surface area (Å²) in [6.07, 6.45) is 0.695. The maximum Gasteiger partial charge on any atom is 0.199 e. The highest BCUT2D eigenvalue weighted by atomic mass is 35.5. The van der Waals surface area contributed by atoms with Gasteiger partial charge in [0.1, 0.15) is 4.88 Å². The van der Waals surface area contributed by atoms with Gasteiger partial charge in [-0.25, -0.2) is 9.99 Å². The summed E-state index contributed by atoms with van der Waals surface area (Å²) in [5.74, 6) is 0. The van der Waals surface area contributed by atoms with Gasteiger partial charge in [-0.05, 0) is 0 Å². The van der Waals surface area contributed by atoms with Gasteiger partial charge < -0.3 is 0 Å². The van der Waals surface area contributed by atoms with E-state index in [-0.39, 0.29) is 5.15 Å². The van der Waals surface area contributed by atoms with Crippen LogP contribution in [0.3, 0.4) is 0 Å². The van der Waals surface area contributed by atoms with Crippen molar-refractivity contribution in [3.05, 3.63) is 10.0 Å². The maximum atomic E-state index is 10.4. The van der Waals surface area contributed by atoms with Crippen LogP contribution < -0.4 is 5.43 Å². The number of anilines is 1. The van der Waals surface area contributed by atoms with E-state index in [0.717, 1.165) is 0 Å². The molecule has 0 fully saturated rings. The first-order valence-corrected chi connectivity index (χ1v) is 4.38. The Bertz CT molecular complexity index is 286. The molecule has 0 unspecified atom stereocenters. The molecule has 0 aliphatic carbocycles. The number of thiazole rings is 1. The van der Waals surface area contributed by atoms with Crippen LogP contribution in [0.4, 0.5) is 5.13 Å². The summed E-state index contributed by atoms with van der Waals surface area (Å²) >= 11 is 6.86. The molecule has 1 rings (SSSR count). The van der Waals surface area contributed by atoms with E-state index in [9.17, 15) is 4.79 Å². The van der Waals surface area contributed by atoms with Gasteiger partial charge in [-0.15, -0.1) is 0 Å². The number of rotatable bonds is 3. The van der Waals surface area contributed by atoms with E-state index in [0.29, 0.717) is 16.3 Å². The summed E-state index contributed by atoms with van der Waals surface area (Å²) in [4.78, 5) is 14.7. The van der Waals surface area contributed by atoms with Crippen LogP contribution in [0.5, 0.6) is 0 Å². The monoisotopic (exact) mass is 205 g/mol. The van der Waals surface area contributed by atoms with Crippen molar-refractivity contribution in [1.29, 1.82) is 0 Å². The van der Waals surface area contributed by atoms with Gasteiger partial charge in [0.15, 0.2) is 16.6 Å². The van der Waals surface area contributed by atoms with Crippen molar-refractivity contribution in [3.8, 4) is 0 Å². The number of carbonyl (C=O) groups is 1. The van der Waals surface area contributed by atoms with Crippen LogP contribution in [0.25, 0.3) is 0 Å². The van der Waals surface area contributed by atoms with Crippen LogP contribution in [0.1, 0.15) is 9.67 Å². The fourth-order valence-corrected chi connectivity index (χ4v) is 1.67. The van der Waals surface area contributed by atoms with Crippen molar-refractivity contribution in [3.63, 3.8) is 0 Å². The molecule has 66 valence electrons. The summed E-state index contributed by atoms with van der Waals surface area (Å²) in [5.41, 5.74) is 2.90. The van der Waals surface area contributed by atoms with Gasteiger partial charge in [-0.3, -0.25) is 10.2 Å². The van der Waals surface area contributed by atoms with E-state index in [1.165, 1.54) is 11.3 Å². The highest BCUT2D eigenvalue weighted by Gasteiger charge is 2.07. The average Bonchev–Trinajstić information content (AvgIpc) is 2.29. The molecule has 1 aromatic rings. The van der Waals surface area contributed by atoms with E-state index in [4.69, 9.17) is 11.6 Å². The topological polar surface area (TPSA) is 45.2 Å². The molecular weight excluding hydrogens is 198 g/mol. The molecule has 0 spiro atoms. The number of aromatic nitrogens is 1. The van der Waals surface area contributed by atoms with Crippen LogP contribution in [0.2, 0.25) is 5.15 Å². The Labute approximate surface area is 79.1 Å². The highest BCUT2D eigenvalue weighted by Crippen LogP contribution is 2.24. The van der Waals surface area contributed by atoms with E-state index in [1.807, 2.05) is 14.1 Å². The molecular formula is C6H8ClN3OS. The lowest BCUT2D eigenvalue weighted by Crippen LogP contribution is -2.19. The zero-order chi connectivity index (χ0) is 9.14. The van der Waals surface area contributed by atoms with Crippen LogP contribution >= 0.6 is 22.9 Å². The van der Waals surface area contributed by atoms with Crippen LogP contribution in [-0.4, -0.2) is 30.4 Å². The Morgan fingerprint density at radius 3 is 2.75 bits per heavy atom. The lowest BCUT2D eigenvalue weighted by Gasteiger charge is -2.08. The summed E-state index contributed by atoms with van der Waals surface area (Å²) in [6, 6.07) is 0. The van der Waals surface area contributed by atoms with Crippen molar-refractivity contribution in [2.24, 2.45) is 0 Å². The van der Waals surface area contributed by atoms with E-state index >= 15 is 0 Å². The third-order valence-electron chi connectivity index (χ3n) is 1.04. The Hall–Kier alpha value is -0.650. The molecule has 1 N–H and O–H groups in total. The zero-order valence-corrected chi connectivity index (χ0v) is 8.24. The number of hydrazine groups is 1. The summed E-state index contributed by atoms with van der Waals surface area (Å²) in [7, 11) is 3.66. The largest absolute Gasteiger partial charge is 0.297 e. The van der Waals surface area contributed by atoms with E-state index < -0.39 is 0 Å². The average molecular weight is 206 g/mol. The van der Waals surface area contributed by atoms with Gasteiger partial charge in [0, 0.05) is 14.1 Å². The number of nitrogens with one attached hydrogen (secondary N) is 1. The minimum atomic E-state index is 0.249. The van der Waals surface area contributed by atoms with Crippen molar-refractivity contribution in [2.75, 3.05) is 19.5 Å². The molecule has 0 saturated heterocycles. The predicted molar refractivity (Wildman–Crippen MR) is 49.8 cm³/mol. The molecule has 4 nitrogen and oxygen atoms in total. The van der Waals surface area contributed by atoms with Crippen molar-refractivity contribution in [2.45, 2.75) is 0 Å². The Balaban J connectivity index is 2.82. The van der Waals surface area contributed by atoms with Gasteiger partial charge >= 0.3 is 0 Å². The number of aldehydes is 1. The lowest BCUT2D eigenvalue weighted by molar-refractivity contribution is 0.112. The van der Waals surface area contributed by atoms with Gasteiger partial charge in [0.2, 0.25) is 0 Å². The third kappa shape index (κ3) is 2.17. The first-order valence-electron chi connectivity index (χ1n) is 3.19. The second-order valence-electron chi connectivity index (χ2n) is 2.30. The first-order chi connectivity index (χ1) is 5.63. The van der Waals surface area contributed by atoms with Crippen LogP contribution in [0, 0.1) is 0 Å². The minimum absolute atomic E-state index is 0.249. The second kappa shape index (κ2) is 3.84. The van der Waals surface area contributed by atoms with Crippen LogP contribution in [-0.2, 0) is 0 Å². The lowest BCUT2D eigenvalue weighted by atomic mass is 10.6.